The third-order valence-electron chi connectivity index (χ3n) is 8.60. The van der Waals surface area contributed by atoms with Crippen LogP contribution in [0.3, 0.4) is 0 Å². The quantitative estimate of drug-likeness (QED) is 0.186. The molecule has 1 saturated carbocycles. The predicted octanol–water partition coefficient (Wildman–Crippen LogP) is 10.1. The molecule has 0 saturated heterocycles. The second kappa shape index (κ2) is 15.1. The lowest BCUT2D eigenvalue weighted by Gasteiger charge is -2.35. The molecule has 0 N–H and O–H groups in total. The van der Waals surface area contributed by atoms with E-state index in [4.69, 9.17) is 4.74 Å². The molecule has 2 aromatic carbocycles. The molecule has 0 radical (unpaired) electrons. The lowest BCUT2D eigenvalue weighted by atomic mass is 9.67. The average Bonchev–Trinajstić information content (AvgIpc) is 2.93. The zero-order valence-electron chi connectivity index (χ0n) is 24.3. The number of esters is 1. The van der Waals surface area contributed by atoms with Crippen LogP contribution < -0.4 is 0 Å². The summed E-state index contributed by atoms with van der Waals surface area (Å²) in [6.07, 6.45) is 13.6. The summed E-state index contributed by atoms with van der Waals surface area (Å²) in [7, 11) is 0. The van der Waals surface area contributed by atoms with E-state index in [2.05, 4.69) is 58.0 Å². The largest absolute Gasteiger partial charge is 0.462 e. The lowest BCUT2D eigenvalue weighted by Crippen LogP contribution is -2.25. The van der Waals surface area contributed by atoms with Gasteiger partial charge in [-0.05, 0) is 85.1 Å². The number of ether oxygens (including phenoxy) is 1. The number of hydrogen-bond donors (Lipinski definition) is 0. The van der Waals surface area contributed by atoms with Crippen molar-refractivity contribution in [2.45, 2.75) is 111 Å². The smallest absolute Gasteiger partial charge is 0.338 e. The lowest BCUT2D eigenvalue weighted by molar-refractivity contribution is 0.0483. The minimum atomic E-state index is -0.235. The molecule has 1 aliphatic carbocycles. The molecule has 0 spiro atoms. The SMILES string of the molecule is CCCCCC1(C#N)CCC(c2ccc(-c3ccc(C(=O)OCCC(C)CCCC(C)C)cc3)cc2)CC1. The van der Waals surface area contributed by atoms with Crippen LogP contribution in [-0.4, -0.2) is 12.6 Å². The molecule has 1 unspecified atom stereocenters. The van der Waals surface area contributed by atoms with Gasteiger partial charge in [-0.15, -0.1) is 0 Å². The Kier molecular flexibility index (Phi) is 11.9. The Hall–Kier alpha value is -2.60. The van der Waals surface area contributed by atoms with Gasteiger partial charge in [0.1, 0.15) is 0 Å². The summed E-state index contributed by atoms with van der Waals surface area (Å²) in [5.41, 5.74) is 4.16. The number of unbranched alkanes of at least 4 members (excludes halogenated alkanes) is 2. The number of carbonyl (C=O) groups excluding carboxylic acids is 1. The van der Waals surface area contributed by atoms with Crippen molar-refractivity contribution in [1.82, 2.24) is 0 Å². The van der Waals surface area contributed by atoms with Gasteiger partial charge in [0, 0.05) is 0 Å². The van der Waals surface area contributed by atoms with Crippen LogP contribution in [0.2, 0.25) is 0 Å². The fourth-order valence-electron chi connectivity index (χ4n) is 5.84. The fraction of sp³-hybridized carbons (Fsp3) is 0.600. The normalized spacial score (nSPS) is 20.2. The molecule has 0 heterocycles. The van der Waals surface area contributed by atoms with Crippen LogP contribution in [0.25, 0.3) is 11.1 Å². The first-order chi connectivity index (χ1) is 18.4. The second-order valence-electron chi connectivity index (χ2n) is 12.2. The van der Waals surface area contributed by atoms with Gasteiger partial charge in [0.25, 0.3) is 0 Å². The van der Waals surface area contributed by atoms with E-state index in [1.54, 1.807) is 0 Å². The highest BCUT2D eigenvalue weighted by Crippen LogP contribution is 2.45. The first-order valence-corrected chi connectivity index (χ1v) is 15.1. The summed E-state index contributed by atoms with van der Waals surface area (Å²) in [5, 5.41) is 9.84. The van der Waals surface area contributed by atoms with Crippen molar-refractivity contribution in [3.05, 3.63) is 59.7 Å². The Morgan fingerprint density at radius 3 is 2.13 bits per heavy atom. The summed E-state index contributed by atoms with van der Waals surface area (Å²) in [4.78, 5) is 12.5. The number of nitriles is 1. The van der Waals surface area contributed by atoms with Gasteiger partial charge in [-0.3, -0.25) is 0 Å². The molecule has 3 nitrogen and oxygen atoms in total. The minimum absolute atomic E-state index is 0.0970. The Balaban J connectivity index is 1.47. The summed E-state index contributed by atoms with van der Waals surface area (Å²) < 4.78 is 5.55. The van der Waals surface area contributed by atoms with E-state index in [1.165, 1.54) is 44.1 Å². The van der Waals surface area contributed by atoms with Gasteiger partial charge in [0.05, 0.1) is 23.7 Å². The molecule has 1 fully saturated rings. The minimum Gasteiger partial charge on any atom is -0.462 e. The number of rotatable bonds is 14. The number of carbonyl (C=O) groups is 1. The van der Waals surface area contributed by atoms with Crippen LogP contribution in [0.4, 0.5) is 0 Å². The third kappa shape index (κ3) is 9.00. The van der Waals surface area contributed by atoms with Gasteiger partial charge in [0.15, 0.2) is 0 Å². The maximum Gasteiger partial charge on any atom is 0.338 e. The van der Waals surface area contributed by atoms with Crippen LogP contribution in [-0.2, 0) is 4.74 Å². The number of nitrogens with zero attached hydrogens (tertiary/aromatic N) is 1. The molecule has 0 amide bonds. The van der Waals surface area contributed by atoms with Crippen LogP contribution in [0.1, 0.15) is 127 Å². The Morgan fingerprint density at radius 1 is 0.921 bits per heavy atom. The highest BCUT2D eigenvalue weighted by atomic mass is 16.5. The van der Waals surface area contributed by atoms with Gasteiger partial charge >= 0.3 is 5.97 Å². The van der Waals surface area contributed by atoms with Gasteiger partial charge in [-0.1, -0.05) is 103 Å². The van der Waals surface area contributed by atoms with Crippen LogP contribution in [0.15, 0.2) is 48.5 Å². The average molecular weight is 516 g/mol. The molecule has 38 heavy (non-hydrogen) atoms. The molecular formula is C35H49NO2. The monoisotopic (exact) mass is 515 g/mol. The van der Waals surface area contributed by atoms with Gasteiger partial charge in [0.2, 0.25) is 0 Å². The highest BCUT2D eigenvalue weighted by molar-refractivity contribution is 5.90. The van der Waals surface area contributed by atoms with Crippen LogP contribution >= 0.6 is 0 Å². The Bertz CT molecular complexity index is 1010. The molecule has 0 aromatic heterocycles. The van der Waals surface area contributed by atoms with Crippen molar-refractivity contribution in [1.29, 1.82) is 5.26 Å². The van der Waals surface area contributed by atoms with Gasteiger partial charge < -0.3 is 4.74 Å². The van der Waals surface area contributed by atoms with Gasteiger partial charge in [-0.2, -0.15) is 5.26 Å². The number of hydrogen-bond acceptors (Lipinski definition) is 3. The van der Waals surface area contributed by atoms with Gasteiger partial charge in [-0.25, -0.2) is 4.79 Å². The van der Waals surface area contributed by atoms with E-state index in [9.17, 15) is 10.1 Å². The molecule has 206 valence electrons. The van der Waals surface area contributed by atoms with Crippen molar-refractivity contribution in [3.63, 3.8) is 0 Å². The molecule has 2 aromatic rings. The molecule has 1 aliphatic rings. The molecule has 3 rings (SSSR count). The Labute approximate surface area is 232 Å². The van der Waals surface area contributed by atoms with E-state index in [0.29, 0.717) is 24.0 Å². The molecular weight excluding hydrogens is 466 g/mol. The summed E-state index contributed by atoms with van der Waals surface area (Å²) in [6, 6.07) is 19.3. The summed E-state index contributed by atoms with van der Waals surface area (Å²) in [6.45, 7) is 9.48. The first kappa shape index (κ1) is 29.9. The molecule has 0 bridgehead atoms. The van der Waals surface area contributed by atoms with Crippen molar-refractivity contribution >= 4 is 5.97 Å². The molecule has 1 atom stereocenters. The van der Waals surface area contributed by atoms with E-state index >= 15 is 0 Å². The van der Waals surface area contributed by atoms with Crippen LogP contribution in [0.5, 0.6) is 0 Å². The van der Waals surface area contributed by atoms with E-state index in [1.807, 2.05) is 24.3 Å². The standard InChI is InChI=1S/C35H49NO2/c1-5-6-7-22-35(26-36)23-19-32(20-24-35)31-13-11-29(12-14-31)30-15-17-33(18-16-30)34(37)38-25-21-28(4)10-8-9-27(2)3/h11-18,27-28,32H,5-10,19-25H2,1-4H3. The highest BCUT2D eigenvalue weighted by Gasteiger charge is 2.35. The third-order valence-corrected chi connectivity index (χ3v) is 8.60. The fourth-order valence-corrected chi connectivity index (χ4v) is 5.84. The summed E-state index contributed by atoms with van der Waals surface area (Å²) in [5.74, 6) is 1.65. The Morgan fingerprint density at radius 2 is 1.55 bits per heavy atom. The summed E-state index contributed by atoms with van der Waals surface area (Å²) >= 11 is 0. The molecule has 0 aliphatic heterocycles. The first-order valence-electron chi connectivity index (χ1n) is 15.1. The van der Waals surface area contributed by atoms with Crippen molar-refractivity contribution < 1.29 is 9.53 Å². The van der Waals surface area contributed by atoms with E-state index < -0.39 is 0 Å². The molecule has 3 heteroatoms. The van der Waals surface area contributed by atoms with Crippen molar-refractivity contribution in [3.8, 4) is 17.2 Å². The zero-order valence-corrected chi connectivity index (χ0v) is 24.3. The van der Waals surface area contributed by atoms with E-state index in [-0.39, 0.29) is 11.4 Å². The van der Waals surface area contributed by atoms with Crippen LogP contribution in [0, 0.1) is 28.6 Å². The zero-order chi connectivity index (χ0) is 27.4. The maximum absolute atomic E-state index is 12.5. The van der Waals surface area contributed by atoms with Crippen molar-refractivity contribution in [2.75, 3.05) is 6.61 Å². The predicted molar refractivity (Wildman–Crippen MR) is 158 cm³/mol. The van der Waals surface area contributed by atoms with E-state index in [0.717, 1.165) is 55.6 Å². The second-order valence-corrected chi connectivity index (χ2v) is 12.2. The maximum atomic E-state index is 12.5. The van der Waals surface area contributed by atoms with Crippen molar-refractivity contribution in [2.24, 2.45) is 17.3 Å². The topological polar surface area (TPSA) is 50.1 Å². The number of benzene rings is 2.